The molecule has 0 spiro atoms. The van der Waals surface area contributed by atoms with Crippen molar-refractivity contribution >= 4 is 17.7 Å². The fourth-order valence-corrected chi connectivity index (χ4v) is 2.40. The van der Waals surface area contributed by atoms with Crippen LogP contribution in [0.15, 0.2) is 77.4 Å². The van der Waals surface area contributed by atoms with Gasteiger partial charge in [0, 0.05) is 0 Å². The first kappa shape index (κ1) is 21.4. The average molecular weight is 423 g/mol. The van der Waals surface area contributed by atoms with Crippen molar-refractivity contribution in [2.45, 2.75) is 6.61 Å². The third-order valence-electron chi connectivity index (χ3n) is 3.94. The molecular weight excluding hydrogens is 402 g/mol. The lowest BCUT2D eigenvalue weighted by atomic mass is 10.2. The van der Waals surface area contributed by atoms with Crippen LogP contribution in [-0.4, -0.2) is 30.9 Å². The highest BCUT2D eigenvalue weighted by Crippen LogP contribution is 2.18. The molecule has 0 saturated carbocycles. The van der Waals surface area contributed by atoms with Gasteiger partial charge in [-0.2, -0.15) is 0 Å². The van der Waals surface area contributed by atoms with E-state index >= 15 is 0 Å². The summed E-state index contributed by atoms with van der Waals surface area (Å²) in [6.07, 6.45) is 1.35. The van der Waals surface area contributed by atoms with E-state index in [1.165, 1.54) is 12.3 Å². The van der Waals surface area contributed by atoms with Crippen LogP contribution in [0, 0.1) is 0 Å². The van der Waals surface area contributed by atoms with E-state index < -0.39 is 17.7 Å². The summed E-state index contributed by atoms with van der Waals surface area (Å²) < 4.78 is 15.9. The van der Waals surface area contributed by atoms with Crippen molar-refractivity contribution in [1.29, 1.82) is 0 Å². The van der Waals surface area contributed by atoms with E-state index in [0.29, 0.717) is 18.1 Å². The first-order chi connectivity index (χ1) is 15.1. The Hall–Kier alpha value is -4.27. The molecule has 1 aromatic heterocycles. The highest BCUT2D eigenvalue weighted by Gasteiger charge is 2.11. The molecule has 0 unspecified atom stereocenters. The highest BCUT2D eigenvalue weighted by atomic mass is 16.5. The number of hydrogen-bond donors (Lipinski definition) is 3. The molecule has 160 valence electrons. The molecule has 0 bridgehead atoms. The zero-order valence-corrected chi connectivity index (χ0v) is 16.5. The summed E-state index contributed by atoms with van der Waals surface area (Å²) in [6, 6.07) is 19.6. The quantitative estimate of drug-likeness (QED) is 0.452. The second-order valence-electron chi connectivity index (χ2n) is 6.29. The molecule has 0 saturated heterocycles. The first-order valence-electron chi connectivity index (χ1n) is 9.39. The lowest BCUT2D eigenvalue weighted by Gasteiger charge is -2.10. The predicted molar refractivity (Wildman–Crippen MR) is 110 cm³/mol. The monoisotopic (exact) mass is 423 g/mol. The lowest BCUT2D eigenvalue weighted by Crippen LogP contribution is -2.47. The Bertz CT molecular complexity index is 988. The minimum atomic E-state index is -0.604. The van der Waals surface area contributed by atoms with Gasteiger partial charge in [-0.25, -0.2) is 0 Å². The summed E-state index contributed by atoms with van der Waals surface area (Å²) in [5, 5.41) is 2.35. The third-order valence-corrected chi connectivity index (χ3v) is 3.94. The number of nitrogens with one attached hydrogen (secondary N) is 3. The van der Waals surface area contributed by atoms with Crippen molar-refractivity contribution in [3.05, 3.63) is 84.3 Å². The molecular formula is C22H21N3O6. The minimum absolute atomic E-state index is 0.0849. The van der Waals surface area contributed by atoms with Gasteiger partial charge in [0.05, 0.1) is 12.8 Å². The first-order valence-corrected chi connectivity index (χ1v) is 9.39. The van der Waals surface area contributed by atoms with Gasteiger partial charge in [-0.3, -0.25) is 25.2 Å². The molecule has 0 aliphatic carbocycles. The van der Waals surface area contributed by atoms with E-state index in [0.717, 1.165) is 5.56 Å². The maximum atomic E-state index is 11.8. The predicted octanol–water partition coefficient (Wildman–Crippen LogP) is 1.81. The molecule has 9 nitrogen and oxygen atoms in total. The van der Waals surface area contributed by atoms with Crippen LogP contribution in [0.1, 0.15) is 16.1 Å². The van der Waals surface area contributed by atoms with Crippen molar-refractivity contribution in [2.24, 2.45) is 0 Å². The van der Waals surface area contributed by atoms with Crippen molar-refractivity contribution in [3.63, 3.8) is 0 Å². The Morgan fingerprint density at radius 3 is 2.13 bits per heavy atom. The third kappa shape index (κ3) is 7.24. The maximum absolute atomic E-state index is 11.8. The van der Waals surface area contributed by atoms with Crippen LogP contribution >= 0.6 is 0 Å². The standard InChI is InChI=1S/C22H21N3O6/c26-20(13-23-22(28)19-7-4-12-29-19)24-25-21(27)15-31-18-10-8-17(9-11-18)30-14-16-5-2-1-3-6-16/h1-12H,13-15H2,(H,23,28)(H,24,26)(H,25,27). The summed E-state index contributed by atoms with van der Waals surface area (Å²) in [5.74, 6) is -0.472. The molecule has 3 N–H and O–H groups in total. The number of ether oxygens (including phenoxy) is 2. The number of furan rings is 1. The lowest BCUT2D eigenvalue weighted by molar-refractivity contribution is -0.129. The van der Waals surface area contributed by atoms with Crippen molar-refractivity contribution in [3.8, 4) is 11.5 Å². The summed E-state index contributed by atoms with van der Waals surface area (Å²) in [4.78, 5) is 35.1. The molecule has 1 heterocycles. The molecule has 3 rings (SSSR count). The summed E-state index contributed by atoms with van der Waals surface area (Å²) in [6.45, 7) is -0.181. The molecule has 9 heteroatoms. The molecule has 31 heavy (non-hydrogen) atoms. The van der Waals surface area contributed by atoms with Crippen LogP contribution in [0.3, 0.4) is 0 Å². The number of hydrogen-bond acceptors (Lipinski definition) is 6. The zero-order chi connectivity index (χ0) is 21.9. The fourth-order valence-electron chi connectivity index (χ4n) is 2.40. The number of carbonyl (C=O) groups is 3. The molecule has 2 aromatic carbocycles. The van der Waals surface area contributed by atoms with Gasteiger partial charge in [-0.15, -0.1) is 0 Å². The zero-order valence-electron chi connectivity index (χ0n) is 16.5. The second kappa shape index (κ2) is 11.1. The normalized spacial score (nSPS) is 10.1. The van der Waals surface area contributed by atoms with Gasteiger partial charge in [0.2, 0.25) is 0 Å². The van der Waals surface area contributed by atoms with E-state index in [-0.39, 0.29) is 18.9 Å². The van der Waals surface area contributed by atoms with Gasteiger partial charge in [0.1, 0.15) is 18.1 Å². The van der Waals surface area contributed by atoms with Gasteiger partial charge in [-0.1, -0.05) is 30.3 Å². The molecule has 0 aliphatic rings. The van der Waals surface area contributed by atoms with E-state index in [2.05, 4.69) is 16.2 Å². The van der Waals surface area contributed by atoms with Gasteiger partial charge >= 0.3 is 0 Å². The molecule has 0 fully saturated rings. The Morgan fingerprint density at radius 2 is 1.45 bits per heavy atom. The molecule has 3 amide bonds. The van der Waals surface area contributed by atoms with E-state index in [1.54, 1.807) is 30.3 Å². The number of benzene rings is 2. The highest BCUT2D eigenvalue weighted by molar-refractivity contribution is 5.94. The van der Waals surface area contributed by atoms with Crippen LogP contribution < -0.4 is 25.6 Å². The number of rotatable bonds is 9. The van der Waals surface area contributed by atoms with Crippen molar-refractivity contribution in [1.82, 2.24) is 16.2 Å². The smallest absolute Gasteiger partial charge is 0.287 e. The Morgan fingerprint density at radius 1 is 0.774 bits per heavy atom. The van der Waals surface area contributed by atoms with Crippen molar-refractivity contribution in [2.75, 3.05) is 13.2 Å². The molecule has 0 radical (unpaired) electrons. The van der Waals surface area contributed by atoms with Gasteiger partial charge < -0.3 is 19.2 Å². The fraction of sp³-hybridized carbons (Fsp3) is 0.136. The second-order valence-corrected chi connectivity index (χ2v) is 6.29. The van der Waals surface area contributed by atoms with E-state index in [1.807, 2.05) is 30.3 Å². The van der Waals surface area contributed by atoms with Crippen LogP contribution in [0.25, 0.3) is 0 Å². The average Bonchev–Trinajstić information content (AvgIpc) is 3.35. The summed E-state index contributed by atoms with van der Waals surface area (Å²) in [5.41, 5.74) is 5.43. The van der Waals surface area contributed by atoms with Gasteiger partial charge in [0.15, 0.2) is 12.4 Å². The molecule has 0 atom stereocenters. The number of carbonyl (C=O) groups excluding carboxylic acids is 3. The SMILES string of the molecule is O=C(CNC(=O)c1ccco1)NNC(=O)COc1ccc(OCc2ccccc2)cc1. The maximum Gasteiger partial charge on any atom is 0.287 e. The Kier molecular flexibility index (Phi) is 7.64. The minimum Gasteiger partial charge on any atom is -0.489 e. The van der Waals surface area contributed by atoms with Crippen LogP contribution in [0.5, 0.6) is 11.5 Å². The number of amides is 3. The van der Waals surface area contributed by atoms with E-state index in [4.69, 9.17) is 13.9 Å². The van der Waals surface area contributed by atoms with Crippen molar-refractivity contribution < 1.29 is 28.3 Å². The molecule has 3 aromatic rings. The van der Waals surface area contributed by atoms with Crippen LogP contribution in [-0.2, 0) is 16.2 Å². The van der Waals surface area contributed by atoms with Gasteiger partial charge in [0.25, 0.3) is 17.7 Å². The Labute approximate surface area is 178 Å². The molecule has 0 aliphatic heterocycles. The Balaban J connectivity index is 1.31. The largest absolute Gasteiger partial charge is 0.489 e. The van der Waals surface area contributed by atoms with Crippen LogP contribution in [0.2, 0.25) is 0 Å². The van der Waals surface area contributed by atoms with E-state index in [9.17, 15) is 14.4 Å². The van der Waals surface area contributed by atoms with Gasteiger partial charge in [-0.05, 0) is 42.0 Å². The topological polar surface area (TPSA) is 119 Å². The summed E-state index contributed by atoms with van der Waals surface area (Å²) >= 11 is 0. The number of hydrazine groups is 1. The van der Waals surface area contributed by atoms with Crippen LogP contribution in [0.4, 0.5) is 0 Å². The summed E-state index contributed by atoms with van der Waals surface area (Å²) in [7, 11) is 0.